The highest BCUT2D eigenvalue weighted by Gasteiger charge is 1.93. The summed E-state index contributed by atoms with van der Waals surface area (Å²) in [5.74, 6) is 0. The van der Waals surface area contributed by atoms with E-state index in [0.717, 1.165) is 0 Å². The minimum Gasteiger partial charge on any atom is -0.264 e. The van der Waals surface area contributed by atoms with E-state index in [-0.39, 0.29) is 0 Å². The molecule has 0 unspecified atom stereocenters. The first-order valence-electron chi connectivity index (χ1n) is 8.49. The molecule has 1 heterocycles. The zero-order valence-electron chi connectivity index (χ0n) is 15.0. The quantitative estimate of drug-likeness (QED) is 0.351. The molecule has 4 rings (SSSR count). The third-order valence-electron chi connectivity index (χ3n) is 3.88. The van der Waals surface area contributed by atoms with Gasteiger partial charge >= 0.3 is 0 Å². The standard InChI is InChI=1S/C11H10.C10H9N.C2H6/c1-9-5-4-7-10-6-2-3-8-11(9)10;1-8-6-11-7-9-4-2-3-5-10(8)9;1-2/h2-8H,1H3;2-7H,1H3;1-2H3. The molecule has 0 bridgehead atoms. The van der Waals surface area contributed by atoms with Gasteiger partial charge in [0.1, 0.15) is 0 Å². The number of rotatable bonds is 0. The molecule has 1 nitrogen and oxygen atoms in total. The Kier molecular flexibility index (Phi) is 6.51. The molecule has 0 atom stereocenters. The van der Waals surface area contributed by atoms with Crippen LogP contribution in [0.25, 0.3) is 21.5 Å². The summed E-state index contributed by atoms with van der Waals surface area (Å²) in [4.78, 5) is 4.11. The van der Waals surface area contributed by atoms with Crippen molar-refractivity contribution < 1.29 is 0 Å². The Hall–Kier alpha value is -2.67. The summed E-state index contributed by atoms with van der Waals surface area (Å²) in [6.45, 7) is 8.22. The van der Waals surface area contributed by atoms with Crippen molar-refractivity contribution in [2.24, 2.45) is 0 Å². The highest BCUT2D eigenvalue weighted by Crippen LogP contribution is 2.17. The molecule has 0 N–H and O–H groups in total. The predicted molar refractivity (Wildman–Crippen MR) is 107 cm³/mol. The van der Waals surface area contributed by atoms with Crippen LogP contribution in [0.15, 0.2) is 79.1 Å². The molecule has 0 fully saturated rings. The van der Waals surface area contributed by atoms with Gasteiger partial charge in [-0.15, -0.1) is 0 Å². The average Bonchev–Trinajstić information content (AvgIpc) is 2.65. The van der Waals surface area contributed by atoms with Crippen molar-refractivity contribution in [3.8, 4) is 0 Å². The lowest BCUT2D eigenvalue weighted by Crippen LogP contribution is -1.79. The molecule has 0 saturated carbocycles. The van der Waals surface area contributed by atoms with E-state index in [0.29, 0.717) is 0 Å². The molecule has 0 radical (unpaired) electrons. The van der Waals surface area contributed by atoms with Crippen molar-refractivity contribution >= 4 is 21.5 Å². The monoisotopic (exact) mass is 315 g/mol. The van der Waals surface area contributed by atoms with Gasteiger partial charge in [0.05, 0.1) is 0 Å². The number of aromatic nitrogens is 1. The van der Waals surface area contributed by atoms with Gasteiger partial charge in [-0.05, 0) is 41.1 Å². The second kappa shape index (κ2) is 8.83. The number of nitrogens with zero attached hydrogens (tertiary/aromatic N) is 1. The number of fused-ring (bicyclic) bond motifs is 2. The summed E-state index contributed by atoms with van der Waals surface area (Å²) in [6.07, 6.45) is 3.78. The number of benzene rings is 3. The van der Waals surface area contributed by atoms with Crippen molar-refractivity contribution in [2.45, 2.75) is 27.7 Å². The minimum atomic E-state index is 1.22. The Morgan fingerprint density at radius 3 is 1.71 bits per heavy atom. The lowest BCUT2D eigenvalue weighted by Gasteiger charge is -1.98. The van der Waals surface area contributed by atoms with Gasteiger partial charge in [-0.1, -0.05) is 80.6 Å². The van der Waals surface area contributed by atoms with E-state index in [4.69, 9.17) is 0 Å². The van der Waals surface area contributed by atoms with Crippen LogP contribution in [0.4, 0.5) is 0 Å². The normalized spacial score (nSPS) is 9.67. The Morgan fingerprint density at radius 2 is 1.08 bits per heavy atom. The van der Waals surface area contributed by atoms with Crippen LogP contribution in [0.3, 0.4) is 0 Å². The van der Waals surface area contributed by atoms with Gasteiger partial charge in [0.2, 0.25) is 0 Å². The summed E-state index contributed by atoms with van der Waals surface area (Å²) in [7, 11) is 0. The average molecular weight is 315 g/mol. The van der Waals surface area contributed by atoms with Crippen molar-refractivity contribution in [2.75, 3.05) is 0 Å². The van der Waals surface area contributed by atoms with E-state index >= 15 is 0 Å². The summed E-state index contributed by atoms with van der Waals surface area (Å²) in [5.41, 5.74) is 2.59. The predicted octanol–water partition coefficient (Wildman–Crippen LogP) is 6.72. The second-order valence-corrected chi connectivity index (χ2v) is 5.47. The number of hydrogen-bond donors (Lipinski definition) is 0. The maximum atomic E-state index is 4.11. The largest absolute Gasteiger partial charge is 0.264 e. The van der Waals surface area contributed by atoms with Gasteiger partial charge < -0.3 is 0 Å². The van der Waals surface area contributed by atoms with Crippen molar-refractivity contribution in [1.82, 2.24) is 4.98 Å². The second-order valence-electron chi connectivity index (χ2n) is 5.47. The van der Waals surface area contributed by atoms with Crippen LogP contribution in [0.5, 0.6) is 0 Å². The Labute approximate surface area is 145 Å². The van der Waals surface area contributed by atoms with Crippen LogP contribution in [-0.4, -0.2) is 4.98 Å². The third kappa shape index (κ3) is 4.20. The van der Waals surface area contributed by atoms with E-state index < -0.39 is 0 Å². The SMILES string of the molecule is CC.Cc1cccc2ccccc12.Cc1cncc2ccccc12. The number of hydrogen-bond acceptors (Lipinski definition) is 1. The Balaban J connectivity index is 0.000000158. The maximum absolute atomic E-state index is 4.11. The van der Waals surface area contributed by atoms with Crippen LogP contribution in [-0.2, 0) is 0 Å². The summed E-state index contributed by atoms with van der Waals surface area (Å²) in [5, 5.41) is 5.19. The maximum Gasteiger partial charge on any atom is 0.0346 e. The molecular weight excluding hydrogens is 290 g/mol. The molecule has 1 aromatic heterocycles. The summed E-state index contributed by atoms with van der Waals surface area (Å²) in [6, 6.07) is 23.1. The van der Waals surface area contributed by atoms with Gasteiger partial charge in [0, 0.05) is 17.8 Å². The lowest BCUT2D eigenvalue weighted by atomic mass is 10.1. The first kappa shape index (κ1) is 17.7. The Morgan fingerprint density at radius 1 is 0.542 bits per heavy atom. The molecule has 0 saturated heterocycles. The number of pyridine rings is 1. The third-order valence-corrected chi connectivity index (χ3v) is 3.88. The van der Waals surface area contributed by atoms with E-state index in [1.54, 1.807) is 0 Å². The molecule has 0 spiro atoms. The Bertz CT molecular complexity index is 822. The lowest BCUT2D eigenvalue weighted by molar-refractivity contribution is 1.31. The van der Waals surface area contributed by atoms with Crippen LogP contribution in [0.2, 0.25) is 0 Å². The molecule has 0 aliphatic heterocycles. The van der Waals surface area contributed by atoms with E-state index in [2.05, 4.69) is 79.5 Å². The molecular formula is C23H25N. The molecule has 4 aromatic rings. The fraction of sp³-hybridized carbons (Fsp3) is 0.174. The molecule has 24 heavy (non-hydrogen) atoms. The molecule has 3 aromatic carbocycles. The van der Waals surface area contributed by atoms with E-state index in [1.165, 1.54) is 32.7 Å². The van der Waals surface area contributed by atoms with Crippen LogP contribution in [0.1, 0.15) is 25.0 Å². The molecule has 0 aliphatic carbocycles. The fourth-order valence-corrected chi connectivity index (χ4v) is 2.65. The van der Waals surface area contributed by atoms with Gasteiger partial charge in [-0.2, -0.15) is 0 Å². The summed E-state index contributed by atoms with van der Waals surface area (Å²) >= 11 is 0. The molecule has 0 aliphatic rings. The van der Waals surface area contributed by atoms with Crippen molar-refractivity contribution in [1.29, 1.82) is 0 Å². The first-order chi connectivity index (χ1) is 11.8. The van der Waals surface area contributed by atoms with E-state index in [1.807, 2.05) is 32.3 Å². The van der Waals surface area contributed by atoms with Gasteiger partial charge in [-0.3, -0.25) is 4.98 Å². The zero-order valence-corrected chi connectivity index (χ0v) is 15.0. The van der Waals surface area contributed by atoms with Gasteiger partial charge in [-0.25, -0.2) is 0 Å². The van der Waals surface area contributed by atoms with Crippen LogP contribution in [0, 0.1) is 13.8 Å². The minimum absolute atomic E-state index is 1.22. The fourth-order valence-electron chi connectivity index (χ4n) is 2.65. The highest BCUT2D eigenvalue weighted by atomic mass is 14.6. The molecule has 0 amide bonds. The topological polar surface area (TPSA) is 12.9 Å². The summed E-state index contributed by atoms with van der Waals surface area (Å²) < 4.78 is 0. The van der Waals surface area contributed by atoms with E-state index in [9.17, 15) is 0 Å². The smallest absolute Gasteiger partial charge is 0.0346 e. The molecule has 122 valence electrons. The highest BCUT2D eigenvalue weighted by molar-refractivity contribution is 5.85. The van der Waals surface area contributed by atoms with Crippen LogP contribution >= 0.6 is 0 Å². The van der Waals surface area contributed by atoms with Gasteiger partial charge in [0.15, 0.2) is 0 Å². The zero-order chi connectivity index (χ0) is 17.4. The molecule has 1 heteroatoms. The first-order valence-corrected chi connectivity index (χ1v) is 8.49. The van der Waals surface area contributed by atoms with Gasteiger partial charge in [0.25, 0.3) is 0 Å². The van der Waals surface area contributed by atoms with Crippen LogP contribution < -0.4 is 0 Å². The number of aryl methyl sites for hydroxylation is 2. The van der Waals surface area contributed by atoms with Crippen molar-refractivity contribution in [3.05, 3.63) is 90.3 Å². The van der Waals surface area contributed by atoms with Crippen molar-refractivity contribution in [3.63, 3.8) is 0 Å².